The summed E-state index contributed by atoms with van der Waals surface area (Å²) >= 11 is 0. The van der Waals surface area contributed by atoms with Gasteiger partial charge in [0.2, 0.25) is 0 Å². The van der Waals surface area contributed by atoms with Gasteiger partial charge in [0.1, 0.15) is 6.42 Å². The van der Waals surface area contributed by atoms with Gasteiger partial charge < -0.3 is 5.11 Å². The van der Waals surface area contributed by atoms with Crippen molar-refractivity contribution >= 4 is 16.7 Å². The van der Waals surface area contributed by atoms with Crippen LogP contribution in [0.3, 0.4) is 0 Å². The van der Waals surface area contributed by atoms with Crippen molar-refractivity contribution < 1.29 is 9.90 Å². The molecule has 2 rings (SSSR count). The smallest absolute Gasteiger partial charge is 0.315 e. The second kappa shape index (κ2) is 4.71. The van der Waals surface area contributed by atoms with Gasteiger partial charge in [-0.3, -0.25) is 4.79 Å². The van der Waals surface area contributed by atoms with Gasteiger partial charge in [0, 0.05) is 5.56 Å². The predicted molar refractivity (Wildman–Crippen MR) is 67.8 cm³/mol. The Kier molecular flexibility index (Phi) is 3.11. The molecule has 0 amide bonds. The van der Waals surface area contributed by atoms with E-state index in [2.05, 4.69) is 11.8 Å². The van der Waals surface area contributed by atoms with Crippen molar-refractivity contribution in [3.63, 3.8) is 0 Å². The first-order valence-corrected chi connectivity index (χ1v) is 5.37. The van der Waals surface area contributed by atoms with E-state index in [0.29, 0.717) is 0 Å². The number of carbonyl (C=O) groups is 1. The fourth-order valence-electron chi connectivity index (χ4n) is 1.75. The zero-order chi connectivity index (χ0) is 12.3. The van der Waals surface area contributed by atoms with E-state index in [1.807, 2.05) is 43.3 Å². The molecule has 2 nitrogen and oxygen atoms in total. The summed E-state index contributed by atoms with van der Waals surface area (Å²) in [5, 5.41) is 10.8. The lowest BCUT2D eigenvalue weighted by atomic mass is 10.00. The van der Waals surface area contributed by atoms with E-state index >= 15 is 0 Å². The van der Waals surface area contributed by atoms with Crippen molar-refractivity contribution in [3.8, 4) is 11.8 Å². The number of aliphatic carboxylic acids is 1. The first-order valence-electron chi connectivity index (χ1n) is 5.37. The molecule has 0 atom stereocenters. The van der Waals surface area contributed by atoms with Crippen molar-refractivity contribution in [2.24, 2.45) is 0 Å². The summed E-state index contributed by atoms with van der Waals surface area (Å²) in [6.45, 7) is 1.98. The summed E-state index contributed by atoms with van der Waals surface area (Å²) < 4.78 is 0. The molecule has 0 radical (unpaired) electrons. The van der Waals surface area contributed by atoms with Gasteiger partial charge in [0.05, 0.1) is 0 Å². The molecule has 0 aliphatic carbocycles. The average Bonchev–Trinajstić information content (AvgIpc) is 2.32. The molecule has 1 N–H and O–H groups in total. The molecule has 84 valence electrons. The Morgan fingerprint density at radius 1 is 1.24 bits per heavy atom. The maximum Gasteiger partial charge on any atom is 0.315 e. The molecule has 0 bridgehead atoms. The van der Waals surface area contributed by atoms with E-state index in [1.165, 1.54) is 0 Å². The van der Waals surface area contributed by atoms with E-state index in [0.717, 1.165) is 21.9 Å². The van der Waals surface area contributed by atoms with Crippen molar-refractivity contribution in [2.75, 3.05) is 0 Å². The van der Waals surface area contributed by atoms with Gasteiger partial charge >= 0.3 is 5.97 Å². The molecule has 0 heterocycles. The second-order valence-electron chi connectivity index (χ2n) is 3.85. The third kappa shape index (κ3) is 2.46. The lowest BCUT2D eigenvalue weighted by Crippen LogP contribution is -1.91. The molecule has 0 spiro atoms. The molecule has 2 aromatic carbocycles. The first-order chi connectivity index (χ1) is 8.18. The van der Waals surface area contributed by atoms with E-state index in [9.17, 15) is 4.79 Å². The van der Waals surface area contributed by atoms with Gasteiger partial charge in [-0.15, -0.1) is 0 Å². The Bertz CT molecular complexity index is 630. The van der Waals surface area contributed by atoms with Crippen LogP contribution >= 0.6 is 0 Å². The topological polar surface area (TPSA) is 37.3 Å². The van der Waals surface area contributed by atoms with Crippen molar-refractivity contribution in [1.82, 2.24) is 0 Å². The van der Waals surface area contributed by atoms with E-state index in [-0.39, 0.29) is 6.42 Å². The molecular weight excluding hydrogens is 212 g/mol. The number of carboxylic acids is 1. The highest BCUT2D eigenvalue weighted by molar-refractivity contribution is 5.89. The van der Waals surface area contributed by atoms with Crippen LogP contribution in [0.15, 0.2) is 36.4 Å². The highest BCUT2D eigenvalue weighted by atomic mass is 16.4. The van der Waals surface area contributed by atoms with Gasteiger partial charge in [0.25, 0.3) is 0 Å². The fraction of sp³-hybridized carbons (Fsp3) is 0.133. The van der Waals surface area contributed by atoms with Crippen LogP contribution in [0.1, 0.15) is 17.5 Å². The number of hydrogen-bond acceptors (Lipinski definition) is 1. The molecule has 2 aromatic rings. The van der Waals surface area contributed by atoms with Crippen LogP contribution in [-0.2, 0) is 4.79 Å². The number of hydrogen-bond donors (Lipinski definition) is 1. The highest BCUT2D eigenvalue weighted by Crippen LogP contribution is 2.21. The molecule has 0 aromatic heterocycles. The largest absolute Gasteiger partial charge is 0.481 e. The average molecular weight is 224 g/mol. The standard InChI is InChI=1S/C15H12O2/c1-11-9-10-12-5-2-3-6-14(12)13(11)7-4-8-15(16)17/h2-3,5-6,9-10H,8H2,1H3,(H,16,17). The maximum atomic E-state index is 10.4. The Morgan fingerprint density at radius 3 is 2.76 bits per heavy atom. The summed E-state index contributed by atoms with van der Waals surface area (Å²) in [6, 6.07) is 12.0. The Hall–Kier alpha value is -2.27. The number of aryl methyl sites for hydroxylation is 1. The normalized spacial score (nSPS) is 9.71. The van der Waals surface area contributed by atoms with Crippen LogP contribution in [0, 0.1) is 18.8 Å². The fourth-order valence-corrected chi connectivity index (χ4v) is 1.75. The quantitative estimate of drug-likeness (QED) is 0.756. The third-order valence-corrected chi connectivity index (χ3v) is 2.59. The summed E-state index contributed by atoms with van der Waals surface area (Å²) in [5.74, 6) is 4.75. The first kappa shape index (κ1) is 11.2. The number of benzene rings is 2. The van der Waals surface area contributed by atoms with Gasteiger partial charge in [-0.25, -0.2) is 0 Å². The van der Waals surface area contributed by atoms with E-state index in [4.69, 9.17) is 5.11 Å². The number of fused-ring (bicyclic) bond motifs is 1. The minimum atomic E-state index is -0.893. The Labute approximate surface area is 99.9 Å². The van der Waals surface area contributed by atoms with E-state index < -0.39 is 5.97 Å². The van der Waals surface area contributed by atoms with Crippen LogP contribution in [0.2, 0.25) is 0 Å². The molecule has 0 aliphatic rings. The van der Waals surface area contributed by atoms with Gasteiger partial charge in [-0.05, 0) is 23.3 Å². The van der Waals surface area contributed by atoms with Crippen LogP contribution in [0.25, 0.3) is 10.8 Å². The summed E-state index contributed by atoms with van der Waals surface area (Å²) in [7, 11) is 0. The zero-order valence-electron chi connectivity index (χ0n) is 9.53. The summed E-state index contributed by atoms with van der Waals surface area (Å²) in [4.78, 5) is 10.4. The van der Waals surface area contributed by atoms with E-state index in [1.54, 1.807) is 0 Å². The van der Waals surface area contributed by atoms with Crippen LogP contribution in [-0.4, -0.2) is 11.1 Å². The molecule has 0 unspecified atom stereocenters. The van der Waals surface area contributed by atoms with Crippen molar-refractivity contribution in [3.05, 3.63) is 47.5 Å². The molecule has 17 heavy (non-hydrogen) atoms. The van der Waals surface area contributed by atoms with Crippen LogP contribution in [0.5, 0.6) is 0 Å². The summed E-state index contributed by atoms with van der Waals surface area (Å²) in [5.41, 5.74) is 1.99. The molecule has 2 heteroatoms. The van der Waals surface area contributed by atoms with Gasteiger partial charge in [-0.2, -0.15) is 0 Å². The van der Waals surface area contributed by atoms with Crippen molar-refractivity contribution in [2.45, 2.75) is 13.3 Å². The molecule has 0 saturated carbocycles. The molecule has 0 fully saturated rings. The number of carboxylic acid groups (broad SMARTS) is 1. The van der Waals surface area contributed by atoms with Crippen molar-refractivity contribution in [1.29, 1.82) is 0 Å². The minimum Gasteiger partial charge on any atom is -0.481 e. The summed E-state index contributed by atoms with van der Waals surface area (Å²) in [6.07, 6.45) is -0.122. The minimum absolute atomic E-state index is 0.122. The monoisotopic (exact) mass is 224 g/mol. The number of rotatable bonds is 1. The van der Waals surface area contributed by atoms with Gasteiger partial charge in [0.15, 0.2) is 0 Å². The maximum absolute atomic E-state index is 10.4. The lowest BCUT2D eigenvalue weighted by molar-refractivity contribution is -0.135. The van der Waals surface area contributed by atoms with Gasteiger partial charge in [-0.1, -0.05) is 48.2 Å². The Morgan fingerprint density at radius 2 is 2.00 bits per heavy atom. The lowest BCUT2D eigenvalue weighted by Gasteiger charge is -2.03. The van der Waals surface area contributed by atoms with Crippen LogP contribution < -0.4 is 0 Å². The SMILES string of the molecule is Cc1ccc2ccccc2c1C#CCC(=O)O. The predicted octanol–water partition coefficient (Wildman–Crippen LogP) is 2.97. The highest BCUT2D eigenvalue weighted by Gasteiger charge is 2.01. The molecule has 0 aliphatic heterocycles. The third-order valence-electron chi connectivity index (χ3n) is 2.59. The second-order valence-corrected chi connectivity index (χ2v) is 3.85. The molecule has 0 saturated heterocycles. The Balaban J connectivity index is 2.54. The van der Waals surface area contributed by atoms with Crippen LogP contribution in [0.4, 0.5) is 0 Å². The molecular formula is C15H12O2. The zero-order valence-corrected chi connectivity index (χ0v) is 9.53.